The van der Waals surface area contributed by atoms with E-state index < -0.39 is 42.3 Å². The fraction of sp³-hybridized carbons (Fsp3) is 0.750. The lowest BCUT2D eigenvalue weighted by Crippen LogP contribution is -2.49. The molecule has 1 rings (SSSR count). The Balaban J connectivity index is 2.58. The molecular weight excluding hydrogens is 224 g/mol. The molecule has 1 aliphatic rings. The van der Waals surface area contributed by atoms with Crippen LogP contribution in [0.3, 0.4) is 0 Å². The molecule has 1 aliphatic heterocycles. The highest BCUT2D eigenvalue weighted by atomic mass is 17.4. The Morgan fingerprint density at radius 3 is 1.94 bits per heavy atom. The number of hydrogen-bond acceptors (Lipinski definition) is 8. The third kappa shape index (κ3) is 2.82. The van der Waals surface area contributed by atoms with Gasteiger partial charge in [-0.25, -0.2) is 0 Å². The summed E-state index contributed by atoms with van der Waals surface area (Å²) >= 11 is 0. The molecule has 8 nitrogen and oxygen atoms in total. The minimum Gasteiger partial charge on any atom is -0.391 e. The van der Waals surface area contributed by atoms with Gasteiger partial charge in [-0.3, -0.25) is 9.59 Å². The van der Waals surface area contributed by atoms with E-state index in [-0.39, 0.29) is 0 Å². The average molecular weight is 236 g/mol. The number of aliphatic hydroxyl groups excluding tert-OH is 4. The van der Waals surface area contributed by atoms with Crippen LogP contribution in [0.15, 0.2) is 0 Å². The van der Waals surface area contributed by atoms with E-state index in [4.69, 9.17) is 10.2 Å². The molecule has 1 heterocycles. The van der Waals surface area contributed by atoms with Gasteiger partial charge in [-0.05, 0) is 6.92 Å². The number of Topliss-reactive ketones (excluding diaryl/α,β-unsaturated/α-hetero) is 2. The number of ketones is 2. The first kappa shape index (κ1) is 13.2. The van der Waals surface area contributed by atoms with Crippen molar-refractivity contribution < 1.29 is 39.8 Å². The normalized spacial score (nSPS) is 23.3. The summed E-state index contributed by atoms with van der Waals surface area (Å²) in [6.07, 6.45) is -8.55. The van der Waals surface area contributed by atoms with Crippen molar-refractivity contribution in [3.63, 3.8) is 0 Å². The van der Waals surface area contributed by atoms with Crippen molar-refractivity contribution in [1.82, 2.24) is 0 Å². The van der Waals surface area contributed by atoms with Gasteiger partial charge in [-0.2, -0.15) is 9.78 Å². The highest BCUT2D eigenvalue weighted by molar-refractivity contribution is 6.40. The molecule has 0 saturated carbocycles. The van der Waals surface area contributed by atoms with Gasteiger partial charge >= 0.3 is 0 Å². The molecule has 0 amide bonds. The zero-order valence-corrected chi connectivity index (χ0v) is 8.31. The van der Waals surface area contributed by atoms with E-state index >= 15 is 0 Å². The minimum atomic E-state index is -2.13. The summed E-state index contributed by atoms with van der Waals surface area (Å²) in [4.78, 5) is 30.3. The zero-order valence-electron chi connectivity index (χ0n) is 8.31. The lowest BCUT2D eigenvalue weighted by molar-refractivity contribution is -0.152. The molecule has 0 spiro atoms. The maximum Gasteiger partial charge on any atom is 0.289 e. The van der Waals surface area contributed by atoms with Crippen molar-refractivity contribution >= 4 is 11.6 Å². The molecule has 16 heavy (non-hydrogen) atoms. The fourth-order valence-electron chi connectivity index (χ4n) is 1.00. The lowest BCUT2D eigenvalue weighted by Gasteiger charge is -2.23. The number of hydrogen-bond donors (Lipinski definition) is 4. The van der Waals surface area contributed by atoms with Crippen LogP contribution in [-0.4, -0.2) is 62.7 Å². The Morgan fingerprint density at radius 1 is 1.06 bits per heavy atom. The van der Waals surface area contributed by atoms with Crippen LogP contribution in [0.5, 0.6) is 0 Å². The zero-order chi connectivity index (χ0) is 12.5. The predicted octanol–water partition coefficient (Wildman–Crippen LogP) is -3.12. The summed E-state index contributed by atoms with van der Waals surface area (Å²) in [7, 11) is 0. The van der Waals surface area contributed by atoms with Crippen LogP contribution in [0.2, 0.25) is 0 Å². The van der Waals surface area contributed by atoms with Gasteiger partial charge in [-0.1, -0.05) is 0 Å². The summed E-state index contributed by atoms with van der Waals surface area (Å²) in [5, 5.41) is 36.6. The Labute approximate surface area is 89.9 Å². The standard InChI is InChI=1S/C8H12O8/c1-2(9)3(10)4(11)5(12)6(13)7(14)8-15-16-8/h2-5,8-12H,1H3/t2-,3-,4+,5+/m0/s1. The lowest BCUT2D eigenvalue weighted by atomic mass is 9.99. The smallest absolute Gasteiger partial charge is 0.289 e. The molecule has 8 heteroatoms. The third-order valence-electron chi connectivity index (χ3n) is 2.09. The molecule has 0 aromatic rings. The van der Waals surface area contributed by atoms with Crippen LogP contribution in [0.4, 0.5) is 0 Å². The fourth-order valence-corrected chi connectivity index (χ4v) is 1.00. The summed E-state index contributed by atoms with van der Waals surface area (Å²) in [6.45, 7) is 1.15. The second-order valence-corrected chi connectivity index (χ2v) is 3.42. The van der Waals surface area contributed by atoms with Crippen molar-refractivity contribution in [2.45, 2.75) is 37.6 Å². The van der Waals surface area contributed by atoms with Crippen LogP contribution in [0.1, 0.15) is 6.92 Å². The van der Waals surface area contributed by atoms with Crippen LogP contribution in [-0.2, 0) is 19.4 Å². The SMILES string of the molecule is C[C@H](O)[C@H](O)[C@@H](O)[C@@H](O)C(=O)C(=O)C1OO1. The number of carbonyl (C=O) groups excluding carboxylic acids is 2. The van der Waals surface area contributed by atoms with Gasteiger partial charge in [0.2, 0.25) is 5.78 Å². The first-order chi connectivity index (χ1) is 7.36. The second-order valence-electron chi connectivity index (χ2n) is 3.42. The van der Waals surface area contributed by atoms with E-state index in [1.54, 1.807) is 0 Å². The van der Waals surface area contributed by atoms with Crippen molar-refractivity contribution in [3.05, 3.63) is 0 Å². The van der Waals surface area contributed by atoms with Gasteiger partial charge in [0.25, 0.3) is 12.1 Å². The summed E-state index contributed by atoms with van der Waals surface area (Å²) in [6, 6.07) is 0. The molecule has 92 valence electrons. The van der Waals surface area contributed by atoms with Crippen molar-refractivity contribution in [1.29, 1.82) is 0 Å². The summed E-state index contributed by atoms with van der Waals surface area (Å²) in [5.41, 5.74) is 0. The molecule has 4 N–H and O–H groups in total. The molecule has 0 unspecified atom stereocenters. The highest BCUT2D eigenvalue weighted by Crippen LogP contribution is 2.15. The minimum absolute atomic E-state index is 1.15. The van der Waals surface area contributed by atoms with E-state index in [1.165, 1.54) is 0 Å². The molecule has 1 fully saturated rings. The van der Waals surface area contributed by atoms with Gasteiger partial charge in [0.1, 0.15) is 18.3 Å². The Hall–Kier alpha value is -0.900. The molecule has 1 saturated heterocycles. The highest BCUT2D eigenvalue weighted by Gasteiger charge is 2.44. The van der Waals surface area contributed by atoms with Gasteiger partial charge in [-0.15, -0.1) is 0 Å². The van der Waals surface area contributed by atoms with Crippen molar-refractivity contribution in [2.24, 2.45) is 0 Å². The predicted molar refractivity (Wildman–Crippen MR) is 45.7 cm³/mol. The van der Waals surface area contributed by atoms with Gasteiger partial charge in [0.15, 0.2) is 0 Å². The molecule has 0 bridgehead atoms. The van der Waals surface area contributed by atoms with Crippen molar-refractivity contribution in [2.75, 3.05) is 0 Å². The van der Waals surface area contributed by atoms with Gasteiger partial charge in [0.05, 0.1) is 6.10 Å². The van der Waals surface area contributed by atoms with E-state index in [0.717, 1.165) is 6.92 Å². The summed E-state index contributed by atoms with van der Waals surface area (Å²) < 4.78 is 0. The Morgan fingerprint density at radius 2 is 1.56 bits per heavy atom. The first-order valence-electron chi connectivity index (χ1n) is 4.48. The van der Waals surface area contributed by atoms with Gasteiger partial charge < -0.3 is 20.4 Å². The quantitative estimate of drug-likeness (QED) is 0.215. The maximum absolute atomic E-state index is 11.2. The Kier molecular flexibility index (Phi) is 4.08. The third-order valence-corrected chi connectivity index (χ3v) is 2.09. The Bertz CT molecular complexity index is 284. The van der Waals surface area contributed by atoms with E-state index in [2.05, 4.69) is 9.78 Å². The molecule has 0 radical (unpaired) electrons. The van der Waals surface area contributed by atoms with Crippen LogP contribution < -0.4 is 0 Å². The number of aliphatic hydroxyl groups is 4. The number of carbonyl (C=O) groups is 2. The van der Waals surface area contributed by atoms with Crippen LogP contribution in [0, 0.1) is 0 Å². The molecule has 0 aromatic carbocycles. The first-order valence-corrected chi connectivity index (χ1v) is 4.48. The molecule has 0 aliphatic carbocycles. The van der Waals surface area contributed by atoms with Crippen molar-refractivity contribution in [3.8, 4) is 0 Å². The van der Waals surface area contributed by atoms with Gasteiger partial charge in [0, 0.05) is 0 Å². The van der Waals surface area contributed by atoms with Crippen LogP contribution in [0.25, 0.3) is 0 Å². The van der Waals surface area contributed by atoms with E-state index in [0.29, 0.717) is 0 Å². The topological polar surface area (TPSA) is 140 Å². The largest absolute Gasteiger partial charge is 0.391 e. The molecule has 4 atom stereocenters. The number of rotatable bonds is 6. The molecular formula is C8H12O8. The van der Waals surface area contributed by atoms with E-state index in [1.807, 2.05) is 0 Å². The maximum atomic E-state index is 11.2. The monoisotopic (exact) mass is 236 g/mol. The summed E-state index contributed by atoms with van der Waals surface area (Å²) in [5.74, 6) is -2.51. The van der Waals surface area contributed by atoms with E-state index in [9.17, 15) is 19.8 Å². The molecule has 0 aromatic heterocycles. The average Bonchev–Trinajstić information content (AvgIpc) is 3.07. The van der Waals surface area contributed by atoms with Crippen LogP contribution >= 0.6 is 0 Å². The second kappa shape index (κ2) is 4.95.